The number of anilines is 1. The quantitative estimate of drug-likeness (QED) is 0.586. The summed E-state index contributed by atoms with van der Waals surface area (Å²) < 4.78 is 11.6. The van der Waals surface area contributed by atoms with Gasteiger partial charge in [-0.3, -0.25) is 9.72 Å². The third-order valence-corrected chi connectivity index (χ3v) is 4.61. The fourth-order valence-corrected chi connectivity index (χ4v) is 3.28. The van der Waals surface area contributed by atoms with Gasteiger partial charge >= 0.3 is 6.09 Å². The summed E-state index contributed by atoms with van der Waals surface area (Å²) in [4.78, 5) is 20.7. The molecule has 1 amide bonds. The highest BCUT2D eigenvalue weighted by molar-refractivity contribution is 6.36. The van der Waals surface area contributed by atoms with Crippen LogP contribution in [0.5, 0.6) is 0 Å². The fraction of sp³-hybridized carbons (Fsp3) is 0.278. The van der Waals surface area contributed by atoms with Crippen LogP contribution < -0.4 is 11.1 Å². The molecule has 0 fully saturated rings. The van der Waals surface area contributed by atoms with Crippen LogP contribution in [0.4, 0.5) is 10.6 Å². The third-order valence-electron chi connectivity index (χ3n) is 4.06. The van der Waals surface area contributed by atoms with Crippen LogP contribution in [-0.4, -0.2) is 40.8 Å². The number of nitrogens with one attached hydrogen (secondary N) is 1. The van der Waals surface area contributed by atoms with E-state index in [4.69, 9.17) is 38.4 Å². The lowest BCUT2D eigenvalue weighted by Gasteiger charge is -2.14. The average Bonchev–Trinajstić information content (AvgIpc) is 3.02. The van der Waals surface area contributed by atoms with Crippen molar-refractivity contribution in [3.05, 3.63) is 45.7 Å². The maximum atomic E-state index is 11.9. The molecule has 0 unspecified atom stereocenters. The first-order chi connectivity index (χ1) is 13.4. The zero-order chi connectivity index (χ0) is 20.3. The molecule has 0 bridgehead atoms. The summed E-state index contributed by atoms with van der Waals surface area (Å²) in [7, 11) is 1.52. The van der Waals surface area contributed by atoms with Gasteiger partial charge in [-0.1, -0.05) is 23.2 Å². The summed E-state index contributed by atoms with van der Waals surface area (Å²) in [6.45, 7) is 2.54. The molecular weight excluding hydrogens is 405 g/mol. The van der Waals surface area contributed by atoms with E-state index in [1.807, 2.05) is 13.0 Å². The summed E-state index contributed by atoms with van der Waals surface area (Å²) in [5.74, 6) is 0.678. The molecule has 8 nitrogen and oxygen atoms in total. The standard InChI is InChI=1S/C18H19Cl2N5O3/c1-10-13(8-21)16(12-4-3-11(19)7-14(12)20)25-9-15(23-17(25)22-10)24-18(26)28-6-5-27-2/h3-4,7,9H,5-6,8,21H2,1-2H3,(H,24,26). The van der Waals surface area contributed by atoms with Crippen LogP contribution in [0.2, 0.25) is 10.0 Å². The molecule has 0 saturated carbocycles. The Kier molecular flexibility index (Phi) is 6.35. The summed E-state index contributed by atoms with van der Waals surface area (Å²) in [6, 6.07) is 5.21. The fourth-order valence-electron chi connectivity index (χ4n) is 2.78. The first-order valence-electron chi connectivity index (χ1n) is 8.41. The second kappa shape index (κ2) is 8.74. The van der Waals surface area contributed by atoms with E-state index >= 15 is 0 Å². The van der Waals surface area contributed by atoms with Crippen molar-refractivity contribution >= 4 is 40.9 Å². The maximum Gasteiger partial charge on any atom is 0.412 e. The lowest BCUT2D eigenvalue weighted by atomic mass is 10.0. The smallest absolute Gasteiger partial charge is 0.412 e. The van der Waals surface area contributed by atoms with Crippen LogP contribution >= 0.6 is 23.2 Å². The Bertz CT molecular complexity index is 1020. The third kappa shape index (κ3) is 4.20. The number of aryl methyl sites for hydroxylation is 1. The predicted molar refractivity (Wildman–Crippen MR) is 108 cm³/mol. The highest BCUT2D eigenvalue weighted by Crippen LogP contribution is 2.34. The van der Waals surface area contributed by atoms with Crippen LogP contribution in [-0.2, 0) is 16.0 Å². The highest BCUT2D eigenvalue weighted by Gasteiger charge is 2.19. The number of hydrogen-bond acceptors (Lipinski definition) is 6. The number of imidazole rings is 1. The van der Waals surface area contributed by atoms with Gasteiger partial charge in [0.05, 0.1) is 23.5 Å². The minimum absolute atomic E-state index is 0.135. The Hall–Kier alpha value is -2.39. The highest BCUT2D eigenvalue weighted by atomic mass is 35.5. The molecule has 3 rings (SSSR count). The second-order valence-electron chi connectivity index (χ2n) is 5.90. The second-order valence-corrected chi connectivity index (χ2v) is 6.75. The molecule has 0 aliphatic carbocycles. The number of carbonyl (C=O) groups is 1. The topological polar surface area (TPSA) is 104 Å². The zero-order valence-corrected chi connectivity index (χ0v) is 16.8. The van der Waals surface area contributed by atoms with E-state index < -0.39 is 6.09 Å². The molecule has 0 radical (unpaired) electrons. The van der Waals surface area contributed by atoms with Gasteiger partial charge in [0.15, 0.2) is 5.82 Å². The van der Waals surface area contributed by atoms with E-state index in [9.17, 15) is 4.79 Å². The number of hydrogen-bond donors (Lipinski definition) is 2. The van der Waals surface area contributed by atoms with Gasteiger partial charge in [-0.25, -0.2) is 9.78 Å². The Morgan fingerprint density at radius 2 is 2.07 bits per heavy atom. The van der Waals surface area contributed by atoms with Crippen LogP contribution in [0.1, 0.15) is 11.3 Å². The van der Waals surface area contributed by atoms with Gasteiger partial charge in [-0.2, -0.15) is 4.98 Å². The largest absolute Gasteiger partial charge is 0.447 e. The monoisotopic (exact) mass is 423 g/mol. The van der Waals surface area contributed by atoms with Crippen LogP contribution in [0.3, 0.4) is 0 Å². The molecule has 1 aromatic carbocycles. The van der Waals surface area contributed by atoms with Gasteiger partial charge in [0.2, 0.25) is 5.78 Å². The summed E-state index contributed by atoms with van der Waals surface area (Å²) in [6.07, 6.45) is 1.00. The van der Waals surface area contributed by atoms with Gasteiger partial charge in [0.25, 0.3) is 0 Å². The lowest BCUT2D eigenvalue weighted by Crippen LogP contribution is -2.16. The summed E-state index contributed by atoms with van der Waals surface area (Å²) in [5, 5.41) is 3.57. The van der Waals surface area contributed by atoms with E-state index in [-0.39, 0.29) is 19.0 Å². The molecule has 148 valence electrons. The molecule has 2 heterocycles. The Labute approximate surface area is 171 Å². The van der Waals surface area contributed by atoms with Crippen molar-refractivity contribution in [2.24, 2.45) is 5.73 Å². The number of ether oxygens (including phenoxy) is 2. The minimum atomic E-state index is -0.637. The van der Waals surface area contributed by atoms with E-state index in [2.05, 4.69) is 15.3 Å². The molecular formula is C18H19Cl2N5O3. The normalized spacial score (nSPS) is 11.0. The lowest BCUT2D eigenvalue weighted by molar-refractivity contribution is 0.107. The molecule has 28 heavy (non-hydrogen) atoms. The van der Waals surface area contributed by atoms with Crippen molar-refractivity contribution in [3.8, 4) is 11.3 Å². The molecule has 0 atom stereocenters. The SMILES string of the molecule is COCCOC(=O)Nc1cn2c(-c3ccc(Cl)cc3Cl)c(CN)c(C)nc2n1. The molecule has 2 aromatic heterocycles. The Balaban J connectivity index is 2.06. The number of fused-ring (bicyclic) bond motifs is 1. The molecule has 0 aliphatic heterocycles. The van der Waals surface area contributed by atoms with Gasteiger partial charge in [0.1, 0.15) is 6.61 Å². The van der Waals surface area contributed by atoms with Gasteiger partial charge in [-0.05, 0) is 25.1 Å². The molecule has 0 saturated heterocycles. The van der Waals surface area contributed by atoms with Gasteiger partial charge in [-0.15, -0.1) is 0 Å². The number of nitrogens with two attached hydrogens (primary N) is 1. The van der Waals surface area contributed by atoms with E-state index in [1.165, 1.54) is 7.11 Å². The van der Waals surface area contributed by atoms with Crippen molar-refractivity contribution < 1.29 is 14.3 Å². The average molecular weight is 424 g/mol. The molecule has 0 aliphatic rings. The number of amides is 1. The number of carbonyl (C=O) groups excluding carboxylic acids is 1. The van der Waals surface area contributed by atoms with Gasteiger partial charge < -0.3 is 15.2 Å². The zero-order valence-electron chi connectivity index (χ0n) is 15.3. The van der Waals surface area contributed by atoms with Gasteiger partial charge in [0, 0.05) is 35.5 Å². The Morgan fingerprint density at radius 3 is 2.75 bits per heavy atom. The van der Waals surface area contributed by atoms with Crippen molar-refractivity contribution in [1.82, 2.24) is 14.4 Å². The van der Waals surface area contributed by atoms with E-state index in [1.54, 1.807) is 22.7 Å². The first kappa shape index (κ1) is 20.3. The molecule has 10 heteroatoms. The van der Waals surface area contributed by atoms with Crippen LogP contribution in [0, 0.1) is 6.92 Å². The van der Waals surface area contributed by atoms with Crippen molar-refractivity contribution in [3.63, 3.8) is 0 Å². The minimum Gasteiger partial charge on any atom is -0.447 e. The number of rotatable bonds is 6. The van der Waals surface area contributed by atoms with Crippen molar-refractivity contribution in [1.29, 1.82) is 0 Å². The Morgan fingerprint density at radius 1 is 1.29 bits per heavy atom. The first-order valence-corrected chi connectivity index (χ1v) is 9.17. The molecule has 3 N–H and O–H groups in total. The number of aromatic nitrogens is 3. The number of methoxy groups -OCH3 is 1. The van der Waals surface area contributed by atoms with E-state index in [0.717, 1.165) is 22.5 Å². The van der Waals surface area contributed by atoms with Crippen LogP contribution in [0.25, 0.3) is 17.0 Å². The van der Waals surface area contributed by atoms with Crippen LogP contribution in [0.15, 0.2) is 24.4 Å². The predicted octanol–water partition coefficient (Wildman–Crippen LogP) is 3.67. The number of halogens is 2. The van der Waals surface area contributed by atoms with E-state index in [0.29, 0.717) is 22.4 Å². The summed E-state index contributed by atoms with van der Waals surface area (Å²) in [5.41, 5.74) is 8.96. The van der Waals surface area contributed by atoms with Crippen molar-refractivity contribution in [2.45, 2.75) is 13.5 Å². The number of nitrogens with zero attached hydrogens (tertiary/aromatic N) is 3. The summed E-state index contributed by atoms with van der Waals surface area (Å²) >= 11 is 12.5. The van der Waals surface area contributed by atoms with Crippen molar-refractivity contribution in [2.75, 3.05) is 25.6 Å². The molecule has 0 spiro atoms. The molecule has 3 aromatic rings. The number of benzene rings is 1. The maximum absolute atomic E-state index is 11.9.